The monoisotopic (exact) mass is 282 g/mol. The Hall–Kier alpha value is 0. The Morgan fingerprint density at radius 3 is 1.60 bits per heavy atom. The molecule has 0 heterocycles. The minimum absolute atomic E-state index is 1.01. The van der Waals surface area contributed by atoms with Crippen molar-refractivity contribution in [3.05, 3.63) is 0 Å². The first kappa shape index (κ1) is 20.0. The van der Waals surface area contributed by atoms with Crippen LogP contribution in [0.4, 0.5) is 0 Å². The number of rotatable bonds is 15. The zero-order valence-electron chi connectivity index (χ0n) is 15.1. The maximum absolute atomic E-state index is 2.41. The molecule has 0 heteroatoms. The van der Waals surface area contributed by atoms with E-state index in [-0.39, 0.29) is 0 Å². The van der Waals surface area contributed by atoms with Gasteiger partial charge in [-0.15, -0.1) is 0 Å². The standard InChI is InChI=1S/C20H42/c1-5-9-12-14-16-19(8-4)18-20(15-11-7-3)17-13-10-6-2/h19-20H,5-18H2,1-4H3. The van der Waals surface area contributed by atoms with E-state index >= 15 is 0 Å². The summed E-state index contributed by atoms with van der Waals surface area (Å²) in [5.41, 5.74) is 0. The van der Waals surface area contributed by atoms with E-state index in [9.17, 15) is 0 Å². The van der Waals surface area contributed by atoms with Gasteiger partial charge in [0.2, 0.25) is 0 Å². The molecule has 0 nitrogen and oxygen atoms in total. The number of hydrogen-bond acceptors (Lipinski definition) is 0. The third-order valence-corrected chi connectivity index (χ3v) is 4.89. The molecule has 2 atom stereocenters. The molecule has 122 valence electrons. The lowest BCUT2D eigenvalue weighted by molar-refractivity contribution is 0.296. The van der Waals surface area contributed by atoms with Crippen LogP contribution < -0.4 is 0 Å². The van der Waals surface area contributed by atoms with E-state index in [1.54, 1.807) is 0 Å². The molecule has 0 amide bonds. The second kappa shape index (κ2) is 15.4. The lowest BCUT2D eigenvalue weighted by atomic mass is 9.83. The van der Waals surface area contributed by atoms with Gasteiger partial charge in [-0.3, -0.25) is 0 Å². The van der Waals surface area contributed by atoms with Gasteiger partial charge in [-0.05, 0) is 18.3 Å². The van der Waals surface area contributed by atoms with E-state index < -0.39 is 0 Å². The lowest BCUT2D eigenvalue weighted by Crippen LogP contribution is -2.09. The van der Waals surface area contributed by atoms with Gasteiger partial charge >= 0.3 is 0 Å². The Kier molecular flexibility index (Phi) is 15.4. The van der Waals surface area contributed by atoms with Gasteiger partial charge in [0.25, 0.3) is 0 Å². The SMILES string of the molecule is CCCCCCC(CC)CC(CCCC)CCCCC. The highest BCUT2D eigenvalue weighted by Crippen LogP contribution is 2.28. The van der Waals surface area contributed by atoms with Crippen molar-refractivity contribution in [2.45, 2.75) is 118 Å². The second-order valence-electron chi connectivity index (χ2n) is 6.86. The molecule has 20 heavy (non-hydrogen) atoms. The van der Waals surface area contributed by atoms with Crippen molar-refractivity contribution in [1.82, 2.24) is 0 Å². The smallest absolute Gasteiger partial charge is 0.0412 e. The van der Waals surface area contributed by atoms with E-state index in [1.807, 2.05) is 0 Å². The Morgan fingerprint density at radius 1 is 0.500 bits per heavy atom. The Labute approximate surface area is 130 Å². The van der Waals surface area contributed by atoms with E-state index in [1.165, 1.54) is 89.9 Å². The molecule has 0 saturated heterocycles. The van der Waals surface area contributed by atoms with Crippen molar-refractivity contribution in [3.63, 3.8) is 0 Å². The summed E-state index contributed by atoms with van der Waals surface area (Å²) in [6.07, 6.45) is 20.2. The molecule has 0 aliphatic heterocycles. The quantitative estimate of drug-likeness (QED) is 0.269. The fourth-order valence-corrected chi connectivity index (χ4v) is 3.38. The first-order chi connectivity index (χ1) is 9.78. The van der Waals surface area contributed by atoms with Crippen molar-refractivity contribution < 1.29 is 0 Å². The summed E-state index contributed by atoms with van der Waals surface area (Å²) in [4.78, 5) is 0. The van der Waals surface area contributed by atoms with Crippen LogP contribution in [-0.2, 0) is 0 Å². The summed E-state index contributed by atoms with van der Waals surface area (Å²) in [5, 5.41) is 0. The van der Waals surface area contributed by atoms with Gasteiger partial charge in [-0.1, -0.05) is 111 Å². The first-order valence-electron chi connectivity index (χ1n) is 9.78. The zero-order valence-corrected chi connectivity index (χ0v) is 15.1. The van der Waals surface area contributed by atoms with Crippen molar-refractivity contribution in [3.8, 4) is 0 Å². The zero-order chi connectivity index (χ0) is 15.1. The molecule has 0 rings (SSSR count). The predicted octanol–water partition coefficient (Wildman–Crippen LogP) is 7.76. The van der Waals surface area contributed by atoms with Gasteiger partial charge in [0.15, 0.2) is 0 Å². The summed E-state index contributed by atoms with van der Waals surface area (Å²) in [5.74, 6) is 2.04. The van der Waals surface area contributed by atoms with Gasteiger partial charge in [0.1, 0.15) is 0 Å². The largest absolute Gasteiger partial charge is 0.0654 e. The molecule has 0 bridgehead atoms. The summed E-state index contributed by atoms with van der Waals surface area (Å²) in [6.45, 7) is 9.38. The second-order valence-corrected chi connectivity index (χ2v) is 6.86. The average Bonchev–Trinajstić information content (AvgIpc) is 2.47. The molecular formula is C20H42. The Balaban J connectivity index is 3.99. The molecule has 0 aromatic rings. The number of unbranched alkanes of at least 4 members (excludes halogenated alkanes) is 6. The normalized spacial score (nSPS) is 14.4. The molecule has 0 aromatic carbocycles. The highest BCUT2D eigenvalue weighted by Gasteiger charge is 2.14. The number of hydrogen-bond donors (Lipinski definition) is 0. The molecule has 0 spiro atoms. The van der Waals surface area contributed by atoms with Crippen LogP contribution in [0.5, 0.6) is 0 Å². The minimum Gasteiger partial charge on any atom is -0.0654 e. The van der Waals surface area contributed by atoms with E-state index in [0.29, 0.717) is 0 Å². The lowest BCUT2D eigenvalue weighted by Gasteiger charge is -2.23. The summed E-state index contributed by atoms with van der Waals surface area (Å²) >= 11 is 0. The van der Waals surface area contributed by atoms with Crippen LogP contribution in [0.3, 0.4) is 0 Å². The molecule has 0 N–H and O–H groups in total. The van der Waals surface area contributed by atoms with E-state index in [4.69, 9.17) is 0 Å². The summed E-state index contributed by atoms with van der Waals surface area (Å²) in [6, 6.07) is 0. The van der Waals surface area contributed by atoms with Crippen molar-refractivity contribution in [1.29, 1.82) is 0 Å². The van der Waals surface area contributed by atoms with Crippen LogP contribution in [0.1, 0.15) is 118 Å². The third kappa shape index (κ3) is 11.8. The molecular weight excluding hydrogens is 240 g/mol. The Bertz CT molecular complexity index is 173. The van der Waals surface area contributed by atoms with Crippen molar-refractivity contribution in [2.75, 3.05) is 0 Å². The van der Waals surface area contributed by atoms with Crippen LogP contribution >= 0.6 is 0 Å². The fourth-order valence-electron chi connectivity index (χ4n) is 3.38. The van der Waals surface area contributed by atoms with Gasteiger partial charge in [-0.25, -0.2) is 0 Å². The predicted molar refractivity (Wildman–Crippen MR) is 94.3 cm³/mol. The van der Waals surface area contributed by atoms with Crippen molar-refractivity contribution >= 4 is 0 Å². The first-order valence-corrected chi connectivity index (χ1v) is 9.78. The fraction of sp³-hybridized carbons (Fsp3) is 1.00. The van der Waals surface area contributed by atoms with Gasteiger partial charge in [0.05, 0.1) is 0 Å². The maximum Gasteiger partial charge on any atom is -0.0412 e. The highest BCUT2D eigenvalue weighted by atomic mass is 14.2. The molecule has 2 unspecified atom stereocenters. The van der Waals surface area contributed by atoms with Crippen LogP contribution in [0.2, 0.25) is 0 Å². The summed E-state index contributed by atoms with van der Waals surface area (Å²) < 4.78 is 0. The Morgan fingerprint density at radius 2 is 1.00 bits per heavy atom. The van der Waals surface area contributed by atoms with Crippen LogP contribution in [0.25, 0.3) is 0 Å². The van der Waals surface area contributed by atoms with Crippen LogP contribution in [0, 0.1) is 11.8 Å². The van der Waals surface area contributed by atoms with E-state index in [0.717, 1.165) is 11.8 Å². The maximum atomic E-state index is 2.41. The third-order valence-electron chi connectivity index (χ3n) is 4.89. The molecule has 0 radical (unpaired) electrons. The van der Waals surface area contributed by atoms with Crippen LogP contribution in [0.15, 0.2) is 0 Å². The molecule has 0 fully saturated rings. The molecule has 0 aliphatic carbocycles. The molecule has 0 saturated carbocycles. The molecule has 0 aromatic heterocycles. The highest BCUT2D eigenvalue weighted by molar-refractivity contribution is 4.67. The van der Waals surface area contributed by atoms with Crippen LogP contribution in [-0.4, -0.2) is 0 Å². The topological polar surface area (TPSA) is 0 Å². The van der Waals surface area contributed by atoms with Crippen molar-refractivity contribution in [2.24, 2.45) is 11.8 Å². The average molecular weight is 283 g/mol. The van der Waals surface area contributed by atoms with Gasteiger partial charge in [-0.2, -0.15) is 0 Å². The minimum atomic E-state index is 1.01. The van der Waals surface area contributed by atoms with Gasteiger partial charge < -0.3 is 0 Å². The van der Waals surface area contributed by atoms with E-state index in [2.05, 4.69) is 27.7 Å². The van der Waals surface area contributed by atoms with Gasteiger partial charge in [0, 0.05) is 0 Å². The molecule has 0 aliphatic rings. The summed E-state index contributed by atoms with van der Waals surface area (Å²) in [7, 11) is 0.